The SMILES string of the molecule is CC1(N2CCOCC2)C=C2C(=O)NNC=C2C=N1. The van der Waals surface area contributed by atoms with E-state index < -0.39 is 5.66 Å². The van der Waals surface area contributed by atoms with Gasteiger partial charge < -0.3 is 10.2 Å². The van der Waals surface area contributed by atoms with Gasteiger partial charge >= 0.3 is 0 Å². The summed E-state index contributed by atoms with van der Waals surface area (Å²) >= 11 is 0. The van der Waals surface area contributed by atoms with Gasteiger partial charge in [0, 0.05) is 31.1 Å². The van der Waals surface area contributed by atoms with E-state index in [0.29, 0.717) is 18.8 Å². The van der Waals surface area contributed by atoms with Gasteiger partial charge in [-0.15, -0.1) is 0 Å². The number of hydrogen-bond acceptors (Lipinski definition) is 5. The summed E-state index contributed by atoms with van der Waals surface area (Å²) in [7, 11) is 0. The molecule has 1 unspecified atom stereocenters. The van der Waals surface area contributed by atoms with Crippen LogP contribution in [0.2, 0.25) is 0 Å². The lowest BCUT2D eigenvalue weighted by Crippen LogP contribution is -2.52. The van der Waals surface area contributed by atoms with E-state index in [0.717, 1.165) is 18.7 Å². The quantitative estimate of drug-likeness (QED) is 0.660. The molecule has 0 aromatic carbocycles. The second-order valence-corrected chi connectivity index (χ2v) is 4.71. The Labute approximate surface area is 105 Å². The van der Waals surface area contributed by atoms with E-state index in [2.05, 4.69) is 20.7 Å². The Morgan fingerprint density at radius 1 is 1.44 bits per heavy atom. The Morgan fingerprint density at radius 2 is 2.22 bits per heavy atom. The average Bonchev–Trinajstić information content (AvgIpc) is 2.41. The van der Waals surface area contributed by atoms with Crippen LogP contribution in [0.25, 0.3) is 0 Å². The van der Waals surface area contributed by atoms with Crippen molar-refractivity contribution in [1.82, 2.24) is 15.8 Å². The van der Waals surface area contributed by atoms with Crippen LogP contribution in [0.3, 0.4) is 0 Å². The molecule has 0 aliphatic carbocycles. The van der Waals surface area contributed by atoms with E-state index in [9.17, 15) is 4.79 Å². The predicted molar refractivity (Wildman–Crippen MR) is 66.7 cm³/mol. The molecule has 0 bridgehead atoms. The minimum Gasteiger partial charge on any atom is -0.379 e. The highest BCUT2D eigenvalue weighted by Crippen LogP contribution is 2.28. The molecule has 0 saturated carbocycles. The van der Waals surface area contributed by atoms with Crippen molar-refractivity contribution >= 4 is 12.1 Å². The zero-order valence-corrected chi connectivity index (χ0v) is 10.3. The van der Waals surface area contributed by atoms with Gasteiger partial charge in [0.2, 0.25) is 0 Å². The average molecular weight is 248 g/mol. The highest BCUT2D eigenvalue weighted by Gasteiger charge is 2.35. The second kappa shape index (κ2) is 4.22. The molecule has 1 fully saturated rings. The maximum absolute atomic E-state index is 11.8. The first kappa shape index (κ1) is 11.4. The topological polar surface area (TPSA) is 66.0 Å². The summed E-state index contributed by atoms with van der Waals surface area (Å²) in [5.74, 6) is -0.113. The van der Waals surface area contributed by atoms with E-state index in [4.69, 9.17) is 4.74 Å². The molecule has 3 heterocycles. The van der Waals surface area contributed by atoms with Gasteiger partial charge in [-0.1, -0.05) is 0 Å². The van der Waals surface area contributed by atoms with Crippen molar-refractivity contribution in [2.75, 3.05) is 26.3 Å². The second-order valence-electron chi connectivity index (χ2n) is 4.71. The van der Waals surface area contributed by atoms with Crippen LogP contribution in [-0.4, -0.2) is 49.0 Å². The summed E-state index contributed by atoms with van der Waals surface area (Å²) in [5.41, 5.74) is 6.35. The number of amides is 1. The molecule has 0 spiro atoms. The molecule has 1 saturated heterocycles. The number of carbonyl (C=O) groups is 1. The molecule has 0 aromatic heterocycles. The molecule has 6 heteroatoms. The number of dihydropyridines is 1. The van der Waals surface area contributed by atoms with E-state index in [1.54, 1.807) is 12.4 Å². The molecule has 18 heavy (non-hydrogen) atoms. The zero-order valence-electron chi connectivity index (χ0n) is 10.3. The first-order valence-corrected chi connectivity index (χ1v) is 6.06. The minimum absolute atomic E-state index is 0.113. The van der Waals surface area contributed by atoms with E-state index in [1.807, 2.05) is 13.0 Å². The van der Waals surface area contributed by atoms with Gasteiger partial charge in [-0.2, -0.15) is 0 Å². The number of aliphatic imine (C=N–C) groups is 1. The maximum Gasteiger partial charge on any atom is 0.270 e. The van der Waals surface area contributed by atoms with Crippen LogP contribution < -0.4 is 10.9 Å². The van der Waals surface area contributed by atoms with Crippen molar-refractivity contribution in [2.24, 2.45) is 4.99 Å². The fourth-order valence-corrected chi connectivity index (χ4v) is 2.41. The number of carbonyl (C=O) groups excluding carboxylic acids is 1. The highest BCUT2D eigenvalue weighted by molar-refractivity contribution is 6.08. The van der Waals surface area contributed by atoms with Crippen molar-refractivity contribution in [1.29, 1.82) is 0 Å². The molecule has 96 valence electrons. The molecule has 3 aliphatic heterocycles. The Kier molecular flexibility index (Phi) is 2.68. The van der Waals surface area contributed by atoms with Crippen molar-refractivity contribution < 1.29 is 9.53 Å². The monoisotopic (exact) mass is 248 g/mol. The van der Waals surface area contributed by atoms with Crippen molar-refractivity contribution in [2.45, 2.75) is 12.6 Å². The third-order valence-electron chi connectivity index (χ3n) is 3.50. The van der Waals surface area contributed by atoms with Crippen LogP contribution in [0.4, 0.5) is 0 Å². The lowest BCUT2D eigenvalue weighted by Gasteiger charge is -2.40. The predicted octanol–water partition coefficient (Wildman–Crippen LogP) is -0.436. The fourth-order valence-electron chi connectivity index (χ4n) is 2.41. The number of morpholine rings is 1. The van der Waals surface area contributed by atoms with Crippen LogP contribution in [0.5, 0.6) is 0 Å². The van der Waals surface area contributed by atoms with Crippen LogP contribution in [0.15, 0.2) is 28.4 Å². The van der Waals surface area contributed by atoms with Crippen LogP contribution in [-0.2, 0) is 9.53 Å². The number of hydrazine groups is 1. The number of hydrogen-bond donors (Lipinski definition) is 2. The Morgan fingerprint density at radius 3 is 3.00 bits per heavy atom. The van der Waals surface area contributed by atoms with Gasteiger partial charge in [0.15, 0.2) is 0 Å². The first-order valence-electron chi connectivity index (χ1n) is 6.06. The molecule has 0 aromatic rings. The van der Waals surface area contributed by atoms with Gasteiger partial charge in [-0.25, -0.2) is 0 Å². The van der Waals surface area contributed by atoms with Gasteiger partial charge in [0.1, 0.15) is 5.66 Å². The third-order valence-corrected chi connectivity index (χ3v) is 3.50. The standard InChI is InChI=1S/C12H16N4O2/c1-12(16-2-4-18-5-3-16)6-10-9(7-13-12)8-14-15-11(10)17/h6-8,14H,2-5H2,1H3,(H,15,17). The molecule has 3 aliphatic rings. The Bertz CT molecular complexity index is 463. The van der Waals surface area contributed by atoms with E-state index in [1.165, 1.54) is 0 Å². The van der Waals surface area contributed by atoms with Gasteiger partial charge in [-0.05, 0) is 13.0 Å². The number of rotatable bonds is 1. The van der Waals surface area contributed by atoms with Crippen LogP contribution in [0.1, 0.15) is 6.92 Å². The Balaban J connectivity index is 1.92. The number of nitrogens with zero attached hydrogens (tertiary/aromatic N) is 2. The number of ether oxygens (including phenoxy) is 1. The molecule has 6 nitrogen and oxygen atoms in total. The van der Waals surface area contributed by atoms with E-state index in [-0.39, 0.29) is 5.91 Å². The van der Waals surface area contributed by atoms with E-state index >= 15 is 0 Å². The maximum atomic E-state index is 11.8. The normalized spacial score (nSPS) is 31.9. The van der Waals surface area contributed by atoms with Crippen LogP contribution >= 0.6 is 0 Å². The summed E-state index contributed by atoms with van der Waals surface area (Å²) in [5, 5.41) is 0. The first-order chi connectivity index (χ1) is 8.69. The van der Waals surface area contributed by atoms with Gasteiger partial charge in [0.05, 0.1) is 18.8 Å². The molecular formula is C12H16N4O2. The molecular weight excluding hydrogens is 232 g/mol. The number of nitrogens with one attached hydrogen (secondary N) is 2. The smallest absolute Gasteiger partial charge is 0.270 e. The van der Waals surface area contributed by atoms with Gasteiger partial charge in [0.25, 0.3) is 5.91 Å². The molecule has 0 radical (unpaired) electrons. The summed E-state index contributed by atoms with van der Waals surface area (Å²) in [6.07, 6.45) is 5.44. The zero-order chi connectivity index (χ0) is 12.6. The molecule has 1 atom stereocenters. The largest absolute Gasteiger partial charge is 0.379 e. The van der Waals surface area contributed by atoms with Crippen molar-refractivity contribution in [3.05, 3.63) is 23.4 Å². The fraction of sp³-hybridized carbons (Fsp3) is 0.500. The summed E-state index contributed by atoms with van der Waals surface area (Å²) in [6, 6.07) is 0. The highest BCUT2D eigenvalue weighted by atomic mass is 16.5. The summed E-state index contributed by atoms with van der Waals surface area (Å²) < 4.78 is 5.35. The minimum atomic E-state index is -0.453. The Hall–Kier alpha value is -1.66. The summed E-state index contributed by atoms with van der Waals surface area (Å²) in [6.45, 7) is 5.11. The molecule has 1 amide bonds. The lowest BCUT2D eigenvalue weighted by molar-refractivity contribution is -0.118. The lowest BCUT2D eigenvalue weighted by atomic mass is 9.96. The molecule has 3 rings (SSSR count). The van der Waals surface area contributed by atoms with Gasteiger partial charge in [-0.3, -0.25) is 20.1 Å². The third kappa shape index (κ3) is 1.83. The number of fused-ring (bicyclic) bond motifs is 1. The van der Waals surface area contributed by atoms with Crippen molar-refractivity contribution in [3.63, 3.8) is 0 Å². The molecule has 2 N–H and O–H groups in total. The van der Waals surface area contributed by atoms with Crippen molar-refractivity contribution in [3.8, 4) is 0 Å². The summed E-state index contributed by atoms with van der Waals surface area (Å²) in [4.78, 5) is 18.6. The van der Waals surface area contributed by atoms with Crippen LogP contribution in [0, 0.1) is 0 Å².